The topological polar surface area (TPSA) is 60.5 Å². The van der Waals surface area contributed by atoms with Gasteiger partial charge in [-0.1, -0.05) is 6.07 Å². The van der Waals surface area contributed by atoms with E-state index in [-0.39, 0.29) is 12.7 Å². The van der Waals surface area contributed by atoms with Crippen LogP contribution < -0.4 is 14.8 Å². The molecule has 3 heterocycles. The molecule has 0 aliphatic carbocycles. The molecule has 0 atom stereocenters. The number of benzene rings is 1. The van der Waals surface area contributed by atoms with Crippen LogP contribution in [0.2, 0.25) is 0 Å². The van der Waals surface area contributed by atoms with E-state index < -0.39 is 0 Å². The van der Waals surface area contributed by atoms with Crippen LogP contribution in [0.1, 0.15) is 9.67 Å². The minimum absolute atomic E-state index is 0.166. The Hall–Kier alpha value is -2.86. The van der Waals surface area contributed by atoms with Crippen LogP contribution >= 0.6 is 11.3 Å². The van der Waals surface area contributed by atoms with Gasteiger partial charge in [-0.25, -0.2) is 4.98 Å². The maximum atomic E-state index is 12.3. The Kier molecular flexibility index (Phi) is 3.44. The van der Waals surface area contributed by atoms with Crippen molar-refractivity contribution in [2.75, 3.05) is 12.1 Å². The van der Waals surface area contributed by atoms with Crippen molar-refractivity contribution < 1.29 is 14.3 Å². The number of nitrogens with zero attached hydrogens (tertiary/aromatic N) is 1. The molecule has 1 aromatic carbocycles. The average molecular weight is 324 g/mol. The molecule has 0 fully saturated rings. The molecule has 3 aromatic rings. The maximum Gasteiger partial charge on any atom is 0.266 e. The zero-order chi connectivity index (χ0) is 15.6. The Morgan fingerprint density at radius 1 is 1.09 bits per heavy atom. The van der Waals surface area contributed by atoms with Crippen LogP contribution in [-0.2, 0) is 0 Å². The quantitative estimate of drug-likeness (QED) is 0.796. The SMILES string of the molecule is O=C(Nc1ccccn1)c1ccc(-c2ccc3c(c2)OCO3)s1. The highest BCUT2D eigenvalue weighted by Crippen LogP contribution is 2.37. The van der Waals surface area contributed by atoms with Gasteiger partial charge in [0.05, 0.1) is 4.88 Å². The third kappa shape index (κ3) is 2.76. The van der Waals surface area contributed by atoms with Crippen molar-refractivity contribution in [2.24, 2.45) is 0 Å². The Bertz CT molecular complexity index is 861. The van der Waals surface area contributed by atoms with Crippen molar-refractivity contribution >= 4 is 23.1 Å². The van der Waals surface area contributed by atoms with Gasteiger partial charge in [-0.3, -0.25) is 4.79 Å². The maximum absolute atomic E-state index is 12.3. The molecule has 0 saturated heterocycles. The minimum Gasteiger partial charge on any atom is -0.454 e. The third-order valence-corrected chi connectivity index (χ3v) is 4.53. The van der Waals surface area contributed by atoms with Gasteiger partial charge in [-0.15, -0.1) is 11.3 Å². The van der Waals surface area contributed by atoms with Gasteiger partial charge in [0.15, 0.2) is 11.5 Å². The first-order chi connectivity index (χ1) is 11.3. The fourth-order valence-electron chi connectivity index (χ4n) is 2.28. The summed E-state index contributed by atoms with van der Waals surface area (Å²) in [4.78, 5) is 18.0. The molecule has 1 amide bonds. The lowest BCUT2D eigenvalue weighted by Gasteiger charge is -2.02. The molecule has 1 aliphatic rings. The Morgan fingerprint density at radius 3 is 2.87 bits per heavy atom. The van der Waals surface area contributed by atoms with Gasteiger partial charge in [0.1, 0.15) is 5.82 Å². The van der Waals surface area contributed by atoms with Gasteiger partial charge in [-0.2, -0.15) is 0 Å². The number of anilines is 1. The van der Waals surface area contributed by atoms with Gasteiger partial charge >= 0.3 is 0 Å². The number of thiophene rings is 1. The molecule has 2 aromatic heterocycles. The molecule has 0 saturated carbocycles. The number of carbonyl (C=O) groups is 1. The van der Waals surface area contributed by atoms with Crippen molar-refractivity contribution in [3.05, 3.63) is 59.6 Å². The summed E-state index contributed by atoms with van der Waals surface area (Å²) in [5, 5.41) is 2.78. The van der Waals surface area contributed by atoms with E-state index in [9.17, 15) is 4.79 Å². The Morgan fingerprint density at radius 2 is 2.00 bits per heavy atom. The number of amides is 1. The number of fused-ring (bicyclic) bond motifs is 1. The largest absolute Gasteiger partial charge is 0.454 e. The number of ether oxygens (including phenoxy) is 2. The molecule has 0 unspecified atom stereocenters. The second-order valence-corrected chi connectivity index (χ2v) is 5.98. The van der Waals surface area contributed by atoms with E-state index in [0.29, 0.717) is 10.7 Å². The monoisotopic (exact) mass is 324 g/mol. The minimum atomic E-state index is -0.166. The molecule has 6 heteroatoms. The predicted octanol–water partition coefficient (Wildman–Crippen LogP) is 3.79. The number of hydrogen-bond acceptors (Lipinski definition) is 5. The zero-order valence-corrected chi connectivity index (χ0v) is 12.8. The molecule has 23 heavy (non-hydrogen) atoms. The van der Waals surface area contributed by atoms with E-state index in [2.05, 4.69) is 10.3 Å². The molecule has 1 aliphatic heterocycles. The lowest BCUT2D eigenvalue weighted by atomic mass is 10.1. The highest BCUT2D eigenvalue weighted by Gasteiger charge is 2.16. The molecular weight excluding hydrogens is 312 g/mol. The summed E-state index contributed by atoms with van der Waals surface area (Å²) in [7, 11) is 0. The molecular formula is C17H12N2O3S. The first-order valence-electron chi connectivity index (χ1n) is 7.02. The second kappa shape index (κ2) is 5.73. The molecule has 5 nitrogen and oxygen atoms in total. The summed E-state index contributed by atoms with van der Waals surface area (Å²) in [6.45, 7) is 0.251. The summed E-state index contributed by atoms with van der Waals surface area (Å²) in [5.74, 6) is 1.85. The van der Waals surface area contributed by atoms with E-state index in [1.807, 2.05) is 36.4 Å². The summed E-state index contributed by atoms with van der Waals surface area (Å²) in [5.41, 5.74) is 0.996. The van der Waals surface area contributed by atoms with Crippen LogP contribution in [0.25, 0.3) is 10.4 Å². The molecule has 1 N–H and O–H groups in total. The molecule has 0 bridgehead atoms. The smallest absolute Gasteiger partial charge is 0.266 e. The van der Waals surface area contributed by atoms with Crippen LogP contribution in [-0.4, -0.2) is 17.7 Å². The molecule has 4 rings (SSSR count). The van der Waals surface area contributed by atoms with Gasteiger partial charge < -0.3 is 14.8 Å². The van der Waals surface area contributed by atoms with Crippen molar-refractivity contribution in [1.82, 2.24) is 4.98 Å². The summed E-state index contributed by atoms with van der Waals surface area (Å²) >= 11 is 1.42. The number of pyridine rings is 1. The Labute approximate surface area is 136 Å². The van der Waals surface area contributed by atoms with Crippen LogP contribution in [0, 0.1) is 0 Å². The number of carbonyl (C=O) groups excluding carboxylic acids is 1. The fraction of sp³-hybridized carbons (Fsp3) is 0.0588. The normalized spacial score (nSPS) is 12.2. The van der Waals surface area contributed by atoms with Crippen LogP contribution in [0.4, 0.5) is 5.82 Å². The summed E-state index contributed by atoms with van der Waals surface area (Å²) < 4.78 is 10.7. The standard InChI is InChI=1S/C17H12N2O3S/c20-17(19-16-3-1-2-8-18-16)15-7-6-14(23-15)11-4-5-12-13(9-11)22-10-21-12/h1-9H,10H2,(H,18,19,20). The number of rotatable bonds is 3. The average Bonchev–Trinajstić information content (AvgIpc) is 3.24. The van der Waals surface area contributed by atoms with Crippen molar-refractivity contribution in [3.63, 3.8) is 0 Å². The molecule has 0 radical (unpaired) electrons. The van der Waals surface area contributed by atoms with Gasteiger partial charge in [-0.05, 0) is 48.0 Å². The van der Waals surface area contributed by atoms with Gasteiger partial charge in [0, 0.05) is 11.1 Å². The van der Waals surface area contributed by atoms with E-state index in [0.717, 1.165) is 21.9 Å². The summed E-state index contributed by atoms with van der Waals surface area (Å²) in [6, 6.07) is 14.9. The van der Waals surface area contributed by atoms with Crippen LogP contribution in [0.15, 0.2) is 54.7 Å². The lowest BCUT2D eigenvalue weighted by molar-refractivity contribution is 0.103. The van der Waals surface area contributed by atoms with Gasteiger partial charge in [0.25, 0.3) is 5.91 Å². The summed E-state index contributed by atoms with van der Waals surface area (Å²) in [6.07, 6.45) is 1.64. The second-order valence-electron chi connectivity index (χ2n) is 4.90. The van der Waals surface area contributed by atoms with E-state index in [4.69, 9.17) is 9.47 Å². The predicted molar refractivity (Wildman–Crippen MR) is 88.1 cm³/mol. The van der Waals surface area contributed by atoms with Crippen LogP contribution in [0.5, 0.6) is 11.5 Å². The third-order valence-electron chi connectivity index (χ3n) is 3.39. The fourth-order valence-corrected chi connectivity index (χ4v) is 3.18. The van der Waals surface area contributed by atoms with Crippen molar-refractivity contribution in [3.8, 4) is 21.9 Å². The lowest BCUT2D eigenvalue weighted by Crippen LogP contribution is -2.10. The van der Waals surface area contributed by atoms with Crippen molar-refractivity contribution in [1.29, 1.82) is 0 Å². The highest BCUT2D eigenvalue weighted by molar-refractivity contribution is 7.17. The van der Waals surface area contributed by atoms with Gasteiger partial charge in [0.2, 0.25) is 6.79 Å². The zero-order valence-electron chi connectivity index (χ0n) is 12.0. The van der Waals surface area contributed by atoms with E-state index in [1.54, 1.807) is 18.3 Å². The van der Waals surface area contributed by atoms with Crippen molar-refractivity contribution in [2.45, 2.75) is 0 Å². The van der Waals surface area contributed by atoms with E-state index >= 15 is 0 Å². The first kappa shape index (κ1) is 13.8. The highest BCUT2D eigenvalue weighted by atomic mass is 32.1. The van der Waals surface area contributed by atoms with E-state index in [1.165, 1.54) is 11.3 Å². The molecule has 0 spiro atoms. The van der Waals surface area contributed by atoms with Crippen LogP contribution in [0.3, 0.4) is 0 Å². The number of aromatic nitrogens is 1. The first-order valence-corrected chi connectivity index (χ1v) is 7.83. The number of hydrogen-bond donors (Lipinski definition) is 1. The molecule has 114 valence electrons. The number of nitrogens with one attached hydrogen (secondary N) is 1. The Balaban J connectivity index is 1.56.